The van der Waals surface area contributed by atoms with Gasteiger partial charge >= 0.3 is 0 Å². The minimum absolute atomic E-state index is 0.0231. The monoisotopic (exact) mass is 434 g/mol. The first-order valence-electron chi connectivity index (χ1n) is 10.1. The summed E-state index contributed by atoms with van der Waals surface area (Å²) in [5, 5.41) is 1.70. The van der Waals surface area contributed by atoms with Crippen LogP contribution in [0.3, 0.4) is 0 Å². The van der Waals surface area contributed by atoms with Gasteiger partial charge in [-0.25, -0.2) is 18.2 Å². The van der Waals surface area contributed by atoms with Crippen LogP contribution in [0.2, 0.25) is 0 Å². The quantitative estimate of drug-likeness (QED) is 0.374. The molecule has 0 aliphatic heterocycles. The number of hydrogen-bond donors (Lipinski definition) is 0. The van der Waals surface area contributed by atoms with Crippen LogP contribution in [0.4, 0.5) is 8.78 Å². The topological polar surface area (TPSA) is 43.1 Å². The molecular weight excluding hydrogens is 414 g/mol. The highest BCUT2D eigenvalue weighted by Gasteiger charge is 2.27. The van der Waals surface area contributed by atoms with E-state index in [-0.39, 0.29) is 11.6 Å². The molecule has 7 heteroatoms. The van der Waals surface area contributed by atoms with E-state index >= 15 is 8.78 Å². The van der Waals surface area contributed by atoms with Crippen LogP contribution in [0.25, 0.3) is 22.0 Å². The SMILES string of the molecule is Cc1cc(-c2c(F)cc3/c(=N/Sc4ccccn4)ccn(C4CC4)c3c2F)cc(C)n1. The highest BCUT2D eigenvalue weighted by molar-refractivity contribution is 7.97. The Kier molecular flexibility index (Phi) is 5.06. The van der Waals surface area contributed by atoms with Crippen LogP contribution in [0.1, 0.15) is 30.3 Å². The normalized spacial score (nSPS) is 14.4. The largest absolute Gasteiger partial charge is 0.342 e. The number of hydrogen-bond acceptors (Lipinski definition) is 4. The van der Waals surface area contributed by atoms with Gasteiger partial charge in [0.1, 0.15) is 10.8 Å². The fraction of sp³-hybridized carbons (Fsp3) is 0.208. The van der Waals surface area contributed by atoms with E-state index in [9.17, 15) is 0 Å². The first-order valence-corrected chi connectivity index (χ1v) is 10.9. The molecule has 3 aromatic heterocycles. The van der Waals surface area contributed by atoms with Gasteiger partial charge in [0.25, 0.3) is 0 Å². The van der Waals surface area contributed by atoms with Gasteiger partial charge in [-0.05, 0) is 68.7 Å². The lowest BCUT2D eigenvalue weighted by Crippen LogP contribution is -2.11. The van der Waals surface area contributed by atoms with Crippen molar-refractivity contribution in [1.29, 1.82) is 0 Å². The maximum absolute atomic E-state index is 15.9. The summed E-state index contributed by atoms with van der Waals surface area (Å²) in [6.07, 6.45) is 5.51. The van der Waals surface area contributed by atoms with E-state index in [0.29, 0.717) is 21.8 Å². The zero-order valence-corrected chi connectivity index (χ0v) is 18.0. The van der Waals surface area contributed by atoms with Crippen LogP contribution in [-0.4, -0.2) is 14.5 Å². The summed E-state index contributed by atoms with van der Waals surface area (Å²) >= 11 is 1.19. The molecule has 1 aromatic carbocycles. The smallest absolute Gasteiger partial charge is 0.158 e. The van der Waals surface area contributed by atoms with Crippen LogP contribution in [0, 0.1) is 25.5 Å². The lowest BCUT2D eigenvalue weighted by molar-refractivity contribution is 0.589. The summed E-state index contributed by atoms with van der Waals surface area (Å²) in [5.74, 6) is -1.17. The Hall–Kier alpha value is -3.06. The van der Waals surface area contributed by atoms with Gasteiger partial charge in [-0.2, -0.15) is 0 Å². The maximum atomic E-state index is 15.9. The molecule has 4 aromatic rings. The van der Waals surface area contributed by atoms with Crippen molar-refractivity contribution in [3.63, 3.8) is 0 Å². The van der Waals surface area contributed by atoms with Crippen molar-refractivity contribution in [3.05, 3.63) is 83.2 Å². The number of halogens is 2. The van der Waals surface area contributed by atoms with Crippen molar-refractivity contribution < 1.29 is 8.78 Å². The number of pyridine rings is 3. The van der Waals surface area contributed by atoms with Gasteiger partial charge in [-0.3, -0.25) is 4.98 Å². The highest BCUT2D eigenvalue weighted by Crippen LogP contribution is 2.39. The molecule has 0 radical (unpaired) electrons. The Morgan fingerprint density at radius 2 is 1.84 bits per heavy atom. The van der Waals surface area contributed by atoms with E-state index in [4.69, 9.17) is 0 Å². The van der Waals surface area contributed by atoms with Crippen LogP contribution < -0.4 is 5.36 Å². The maximum Gasteiger partial charge on any atom is 0.158 e. The molecule has 31 heavy (non-hydrogen) atoms. The summed E-state index contributed by atoms with van der Waals surface area (Å²) in [6.45, 7) is 3.65. The number of aryl methyl sites for hydroxylation is 2. The molecule has 1 fully saturated rings. The molecule has 0 bridgehead atoms. The summed E-state index contributed by atoms with van der Waals surface area (Å²) in [7, 11) is 0. The number of benzene rings is 1. The second kappa shape index (κ2) is 7.89. The molecule has 1 saturated carbocycles. The van der Waals surface area contributed by atoms with Gasteiger partial charge in [0.05, 0.1) is 16.4 Å². The molecule has 1 aliphatic carbocycles. The van der Waals surface area contributed by atoms with Crippen molar-refractivity contribution in [3.8, 4) is 11.1 Å². The molecule has 0 saturated heterocycles. The molecule has 0 amide bonds. The number of aromatic nitrogens is 3. The van der Waals surface area contributed by atoms with E-state index < -0.39 is 11.6 Å². The Balaban J connectivity index is 1.75. The molecule has 0 spiro atoms. The van der Waals surface area contributed by atoms with E-state index in [0.717, 1.165) is 29.3 Å². The van der Waals surface area contributed by atoms with Crippen molar-refractivity contribution in [2.75, 3.05) is 0 Å². The first kappa shape index (κ1) is 19.9. The predicted octanol–water partition coefficient (Wildman–Crippen LogP) is 5.94. The number of fused-ring (bicyclic) bond motifs is 1. The fourth-order valence-electron chi connectivity index (χ4n) is 3.85. The lowest BCUT2D eigenvalue weighted by atomic mass is 10.0. The molecule has 156 valence electrons. The molecule has 3 heterocycles. The van der Waals surface area contributed by atoms with Crippen LogP contribution >= 0.6 is 11.9 Å². The van der Waals surface area contributed by atoms with Gasteiger partial charge in [-0.15, -0.1) is 0 Å². The lowest BCUT2D eigenvalue weighted by Gasteiger charge is -2.15. The van der Waals surface area contributed by atoms with E-state index in [1.54, 1.807) is 18.3 Å². The van der Waals surface area contributed by atoms with Crippen LogP contribution in [0.5, 0.6) is 0 Å². The molecule has 0 unspecified atom stereocenters. The summed E-state index contributed by atoms with van der Waals surface area (Å²) < 4.78 is 37.7. The first-order chi connectivity index (χ1) is 15.0. The Morgan fingerprint density at radius 3 is 2.52 bits per heavy atom. The average molecular weight is 435 g/mol. The van der Waals surface area contributed by atoms with Crippen LogP contribution in [0.15, 0.2) is 64.3 Å². The van der Waals surface area contributed by atoms with Crippen molar-refractivity contribution in [1.82, 2.24) is 14.5 Å². The minimum Gasteiger partial charge on any atom is -0.342 e. The van der Waals surface area contributed by atoms with Crippen molar-refractivity contribution in [2.24, 2.45) is 4.40 Å². The third kappa shape index (κ3) is 3.85. The summed E-state index contributed by atoms with van der Waals surface area (Å²) in [5.41, 5.74) is 2.30. The standard InChI is InChI=1S/C24H20F2N4S/c1-14-11-16(12-15(2)28-14)22-19(25)13-18-20(29-31-21-5-3-4-9-27-21)8-10-30(17-6-7-17)24(18)23(22)26/h3-5,8-13,17H,6-7H2,1-2H3/b29-20+. The molecule has 1 aliphatic rings. The Morgan fingerprint density at radius 1 is 1.06 bits per heavy atom. The summed E-state index contributed by atoms with van der Waals surface area (Å²) in [6, 6.07) is 12.4. The van der Waals surface area contributed by atoms with E-state index in [2.05, 4.69) is 14.4 Å². The van der Waals surface area contributed by atoms with E-state index in [1.807, 2.05) is 48.9 Å². The van der Waals surface area contributed by atoms with E-state index in [1.165, 1.54) is 18.0 Å². The third-order valence-corrected chi connectivity index (χ3v) is 6.02. The molecule has 4 nitrogen and oxygen atoms in total. The molecule has 5 rings (SSSR count). The second-order valence-electron chi connectivity index (χ2n) is 7.77. The Bertz CT molecular complexity index is 1340. The second-order valence-corrected chi connectivity index (χ2v) is 8.56. The molecule has 0 atom stereocenters. The molecular formula is C24H20F2N4S. The van der Waals surface area contributed by atoms with Gasteiger partial charge < -0.3 is 4.57 Å². The zero-order chi connectivity index (χ0) is 21.5. The Labute approximate surface area is 182 Å². The average Bonchev–Trinajstić information content (AvgIpc) is 3.57. The molecule has 0 N–H and O–H groups in total. The third-order valence-electron chi connectivity index (χ3n) is 5.31. The highest BCUT2D eigenvalue weighted by atomic mass is 32.2. The summed E-state index contributed by atoms with van der Waals surface area (Å²) in [4.78, 5) is 8.58. The zero-order valence-electron chi connectivity index (χ0n) is 17.1. The van der Waals surface area contributed by atoms with Crippen molar-refractivity contribution in [2.45, 2.75) is 37.8 Å². The predicted molar refractivity (Wildman–Crippen MR) is 118 cm³/mol. The number of rotatable bonds is 4. The van der Waals surface area contributed by atoms with Gasteiger partial charge in [0, 0.05) is 47.2 Å². The minimum atomic E-state index is -0.608. The van der Waals surface area contributed by atoms with Crippen LogP contribution in [-0.2, 0) is 0 Å². The fourth-order valence-corrected chi connectivity index (χ4v) is 4.45. The van der Waals surface area contributed by atoms with Crippen molar-refractivity contribution >= 4 is 22.9 Å². The van der Waals surface area contributed by atoms with Gasteiger partial charge in [0.15, 0.2) is 5.82 Å². The number of nitrogens with zero attached hydrogens (tertiary/aromatic N) is 4. The van der Waals surface area contributed by atoms with Gasteiger partial charge in [-0.1, -0.05) is 6.07 Å². The van der Waals surface area contributed by atoms with Gasteiger partial charge in [0.2, 0.25) is 0 Å².